The summed E-state index contributed by atoms with van der Waals surface area (Å²) in [6.45, 7) is 1.54. The molecule has 8 heteroatoms. The highest BCUT2D eigenvalue weighted by Crippen LogP contribution is 2.26. The van der Waals surface area contributed by atoms with E-state index in [1.165, 1.54) is 27.1 Å². The molecule has 0 saturated carbocycles. The third kappa shape index (κ3) is 2.32. The van der Waals surface area contributed by atoms with Gasteiger partial charge in [-0.3, -0.25) is 0 Å². The lowest BCUT2D eigenvalue weighted by Gasteiger charge is -2.10. The van der Waals surface area contributed by atoms with Crippen molar-refractivity contribution in [3.63, 3.8) is 0 Å². The molecule has 0 amide bonds. The Balaban J connectivity index is 2.58. The van der Waals surface area contributed by atoms with E-state index in [4.69, 9.17) is 0 Å². The van der Waals surface area contributed by atoms with Gasteiger partial charge >= 0.3 is 10.2 Å². The van der Waals surface area contributed by atoms with Crippen LogP contribution in [0.5, 0.6) is 5.75 Å². The zero-order valence-electron chi connectivity index (χ0n) is 10.8. The van der Waals surface area contributed by atoms with Gasteiger partial charge in [0, 0.05) is 14.1 Å². The highest BCUT2D eigenvalue weighted by atomic mass is 32.2. The van der Waals surface area contributed by atoms with Crippen molar-refractivity contribution in [1.82, 2.24) is 18.5 Å². The molecule has 102 valence electrons. The average Bonchev–Trinajstić information content (AvgIpc) is 2.72. The minimum absolute atomic E-state index is 0.00176. The van der Waals surface area contributed by atoms with Crippen LogP contribution in [-0.4, -0.2) is 46.1 Å². The number of aromatic hydroxyl groups is 1. The van der Waals surface area contributed by atoms with E-state index in [1.54, 1.807) is 18.2 Å². The van der Waals surface area contributed by atoms with Gasteiger partial charge < -0.3 is 5.11 Å². The second-order valence-corrected chi connectivity index (χ2v) is 6.10. The SMILES string of the molecule is Cc1nc(-c2ccccc2O)nn1S(=O)(=O)N(C)C. The van der Waals surface area contributed by atoms with Crippen molar-refractivity contribution in [2.75, 3.05) is 14.1 Å². The summed E-state index contributed by atoms with van der Waals surface area (Å²) in [6.07, 6.45) is 0. The first kappa shape index (κ1) is 13.5. The predicted molar refractivity (Wildman–Crippen MR) is 69.9 cm³/mol. The predicted octanol–water partition coefficient (Wildman–Crippen LogP) is 0.614. The van der Waals surface area contributed by atoms with E-state index in [2.05, 4.69) is 10.1 Å². The fraction of sp³-hybridized carbons (Fsp3) is 0.273. The molecule has 7 nitrogen and oxygen atoms in total. The number of rotatable bonds is 3. The fourth-order valence-corrected chi connectivity index (χ4v) is 2.39. The maximum absolute atomic E-state index is 12.0. The summed E-state index contributed by atoms with van der Waals surface area (Å²) in [5.74, 6) is 0.398. The Morgan fingerprint density at radius 1 is 1.26 bits per heavy atom. The van der Waals surface area contributed by atoms with Gasteiger partial charge in [0.25, 0.3) is 0 Å². The van der Waals surface area contributed by atoms with Crippen molar-refractivity contribution in [3.05, 3.63) is 30.1 Å². The summed E-state index contributed by atoms with van der Waals surface area (Å²) in [5.41, 5.74) is 0.387. The molecule has 0 radical (unpaired) electrons. The van der Waals surface area contributed by atoms with Gasteiger partial charge in [0.1, 0.15) is 11.6 Å². The van der Waals surface area contributed by atoms with Gasteiger partial charge in [0.05, 0.1) is 5.56 Å². The van der Waals surface area contributed by atoms with Crippen LogP contribution in [0, 0.1) is 6.92 Å². The molecule has 1 heterocycles. The van der Waals surface area contributed by atoms with Crippen LogP contribution in [0.15, 0.2) is 24.3 Å². The summed E-state index contributed by atoms with van der Waals surface area (Å²) in [7, 11) is -0.887. The Labute approximate surface area is 111 Å². The monoisotopic (exact) mass is 282 g/mol. The number of aryl methyl sites for hydroxylation is 1. The van der Waals surface area contributed by atoms with Crippen molar-refractivity contribution < 1.29 is 13.5 Å². The van der Waals surface area contributed by atoms with Crippen LogP contribution in [0.2, 0.25) is 0 Å². The number of para-hydroxylation sites is 1. The molecule has 0 saturated heterocycles. The number of nitrogens with zero attached hydrogens (tertiary/aromatic N) is 4. The summed E-state index contributed by atoms with van der Waals surface area (Å²) in [6, 6.07) is 6.49. The zero-order valence-corrected chi connectivity index (χ0v) is 11.6. The van der Waals surface area contributed by atoms with Gasteiger partial charge in [0.15, 0.2) is 5.82 Å². The van der Waals surface area contributed by atoms with E-state index in [0.29, 0.717) is 5.56 Å². The number of phenols is 1. The van der Waals surface area contributed by atoms with Gasteiger partial charge in [-0.25, -0.2) is 4.98 Å². The van der Waals surface area contributed by atoms with E-state index >= 15 is 0 Å². The minimum atomic E-state index is -3.71. The summed E-state index contributed by atoms with van der Waals surface area (Å²) >= 11 is 0. The van der Waals surface area contributed by atoms with Crippen LogP contribution >= 0.6 is 0 Å². The van der Waals surface area contributed by atoms with Crippen LogP contribution in [0.4, 0.5) is 0 Å². The van der Waals surface area contributed by atoms with Gasteiger partial charge in [-0.15, -0.1) is 9.19 Å². The van der Waals surface area contributed by atoms with Gasteiger partial charge in [-0.05, 0) is 19.1 Å². The van der Waals surface area contributed by atoms with Crippen molar-refractivity contribution in [2.24, 2.45) is 0 Å². The second kappa shape index (κ2) is 4.63. The van der Waals surface area contributed by atoms with Gasteiger partial charge in [-0.1, -0.05) is 12.1 Å². The molecule has 1 aromatic carbocycles. The number of phenolic OH excluding ortho intramolecular Hbond substituents is 1. The Morgan fingerprint density at radius 2 is 1.89 bits per heavy atom. The topological polar surface area (TPSA) is 88.3 Å². The minimum Gasteiger partial charge on any atom is -0.507 e. The van der Waals surface area contributed by atoms with E-state index in [0.717, 1.165) is 8.39 Å². The summed E-state index contributed by atoms with van der Waals surface area (Å²) in [4.78, 5) is 4.08. The molecule has 0 aliphatic carbocycles. The van der Waals surface area contributed by atoms with Crippen LogP contribution in [0.25, 0.3) is 11.4 Å². The van der Waals surface area contributed by atoms with Crippen molar-refractivity contribution >= 4 is 10.2 Å². The Morgan fingerprint density at radius 3 is 2.47 bits per heavy atom. The number of aromatic nitrogens is 3. The largest absolute Gasteiger partial charge is 0.507 e. The van der Waals surface area contributed by atoms with Crippen LogP contribution in [0.3, 0.4) is 0 Å². The molecule has 1 aromatic heterocycles. The molecule has 0 aliphatic heterocycles. The summed E-state index contributed by atoms with van der Waals surface area (Å²) < 4.78 is 25.9. The maximum Gasteiger partial charge on any atom is 0.324 e. The van der Waals surface area contributed by atoms with Crippen LogP contribution in [-0.2, 0) is 10.2 Å². The molecule has 0 fully saturated rings. The van der Waals surface area contributed by atoms with Crippen LogP contribution in [0.1, 0.15) is 5.82 Å². The molecule has 2 aromatic rings. The Bertz CT molecular complexity index is 706. The highest BCUT2D eigenvalue weighted by Gasteiger charge is 2.22. The van der Waals surface area contributed by atoms with E-state index in [1.807, 2.05) is 0 Å². The first-order valence-electron chi connectivity index (χ1n) is 5.49. The third-order valence-corrected chi connectivity index (χ3v) is 4.26. The third-order valence-electron chi connectivity index (χ3n) is 2.56. The average molecular weight is 282 g/mol. The van der Waals surface area contributed by atoms with Crippen molar-refractivity contribution in [1.29, 1.82) is 0 Å². The lowest BCUT2D eigenvalue weighted by Crippen LogP contribution is -2.30. The van der Waals surface area contributed by atoms with E-state index < -0.39 is 10.2 Å². The van der Waals surface area contributed by atoms with E-state index in [9.17, 15) is 13.5 Å². The molecule has 1 N–H and O–H groups in total. The smallest absolute Gasteiger partial charge is 0.324 e. The number of benzene rings is 1. The van der Waals surface area contributed by atoms with Crippen molar-refractivity contribution in [3.8, 4) is 17.1 Å². The lowest BCUT2D eigenvalue weighted by molar-refractivity contribution is 0.476. The fourth-order valence-electron chi connectivity index (χ4n) is 1.53. The normalized spacial score (nSPS) is 12.0. The highest BCUT2D eigenvalue weighted by molar-refractivity contribution is 7.87. The maximum atomic E-state index is 12.0. The first-order chi connectivity index (χ1) is 8.84. The second-order valence-electron chi connectivity index (χ2n) is 4.13. The molecule has 0 aliphatic rings. The van der Waals surface area contributed by atoms with Crippen LogP contribution < -0.4 is 0 Å². The standard InChI is InChI=1S/C11H14N4O3S/c1-8-12-11(9-6-4-5-7-10(9)16)13-15(8)19(17,18)14(2)3/h4-7,16H,1-3H3. The molecule has 19 heavy (non-hydrogen) atoms. The first-order valence-corrected chi connectivity index (χ1v) is 6.89. The molecule has 0 unspecified atom stereocenters. The quantitative estimate of drug-likeness (QED) is 0.891. The van der Waals surface area contributed by atoms with Gasteiger partial charge in [0.2, 0.25) is 0 Å². The number of hydrogen-bond acceptors (Lipinski definition) is 5. The molecule has 2 rings (SSSR count). The van der Waals surface area contributed by atoms with Crippen molar-refractivity contribution in [2.45, 2.75) is 6.92 Å². The lowest BCUT2D eigenvalue weighted by atomic mass is 10.2. The Hall–Kier alpha value is -1.93. The molecular formula is C11H14N4O3S. The Kier molecular flexibility index (Phi) is 3.29. The molecule has 0 atom stereocenters. The van der Waals surface area contributed by atoms with E-state index in [-0.39, 0.29) is 17.4 Å². The molecular weight excluding hydrogens is 268 g/mol. The molecule has 0 bridgehead atoms. The van der Waals surface area contributed by atoms with Gasteiger partial charge in [-0.2, -0.15) is 12.7 Å². The number of hydrogen-bond donors (Lipinski definition) is 1. The zero-order chi connectivity index (χ0) is 14.2. The summed E-state index contributed by atoms with van der Waals surface area (Å²) in [5, 5.41) is 13.7. The molecule has 0 spiro atoms.